The average Bonchev–Trinajstić information content (AvgIpc) is 2.87. The Bertz CT molecular complexity index is 816. The molecule has 2 aromatic rings. The predicted octanol–water partition coefficient (Wildman–Crippen LogP) is 1.93. The molecule has 3 N–H and O–H groups in total. The molecule has 0 saturated heterocycles. The van der Waals surface area contributed by atoms with E-state index in [-0.39, 0.29) is 24.8 Å². The lowest BCUT2D eigenvalue weighted by Gasteiger charge is -2.14. The van der Waals surface area contributed by atoms with Crippen LogP contribution in [0.25, 0.3) is 10.9 Å². The highest BCUT2D eigenvalue weighted by atomic mass is 35.5. The fourth-order valence-corrected chi connectivity index (χ4v) is 2.66. The third kappa shape index (κ3) is 4.73. The first-order valence-corrected chi connectivity index (χ1v) is 8.22. The number of nitrogens with one attached hydrogen (secondary N) is 2. The molecule has 1 unspecified atom stereocenters. The van der Waals surface area contributed by atoms with Gasteiger partial charge < -0.3 is 20.3 Å². The minimum absolute atomic E-state index is 0.0144. The summed E-state index contributed by atoms with van der Waals surface area (Å²) in [6, 6.07) is 6.32. The van der Waals surface area contributed by atoms with Crippen molar-refractivity contribution in [3.63, 3.8) is 0 Å². The molecule has 134 valence electrons. The van der Waals surface area contributed by atoms with Crippen LogP contribution in [-0.2, 0) is 16.6 Å². The fraction of sp³-hybridized carbons (Fsp3) is 0.353. The van der Waals surface area contributed by atoms with Crippen molar-refractivity contribution in [2.45, 2.75) is 25.8 Å². The Morgan fingerprint density at radius 1 is 1.28 bits per heavy atom. The standard InChI is InChI=1S/C17H20ClN3O4/c1-10(16(24)19-7-3-4-15(22)23)20-17(25)14-9-11-8-12(18)5-6-13(11)21(14)2/h5-6,8-10H,3-4,7H2,1-2H3,(H,19,24)(H,20,25)(H,22,23). The summed E-state index contributed by atoms with van der Waals surface area (Å²) in [5, 5.41) is 15.2. The van der Waals surface area contributed by atoms with E-state index in [1.165, 1.54) is 0 Å². The first-order chi connectivity index (χ1) is 11.8. The van der Waals surface area contributed by atoms with E-state index >= 15 is 0 Å². The summed E-state index contributed by atoms with van der Waals surface area (Å²) in [7, 11) is 1.77. The van der Waals surface area contributed by atoms with Gasteiger partial charge in [0.05, 0.1) is 0 Å². The SMILES string of the molecule is CC(NC(=O)c1cc2cc(Cl)ccc2n1C)C(=O)NCCCC(=O)O. The number of benzene rings is 1. The van der Waals surface area contributed by atoms with Crippen molar-refractivity contribution in [3.8, 4) is 0 Å². The normalized spacial score (nSPS) is 12.0. The molecule has 2 amide bonds. The highest BCUT2D eigenvalue weighted by molar-refractivity contribution is 6.31. The Hall–Kier alpha value is -2.54. The third-order valence-electron chi connectivity index (χ3n) is 3.84. The largest absolute Gasteiger partial charge is 0.481 e. The molecule has 0 aliphatic carbocycles. The topological polar surface area (TPSA) is 100 Å². The van der Waals surface area contributed by atoms with Gasteiger partial charge in [-0.2, -0.15) is 0 Å². The first kappa shape index (κ1) is 18.8. The maximum atomic E-state index is 12.4. The van der Waals surface area contributed by atoms with Crippen LogP contribution in [0.2, 0.25) is 5.02 Å². The molecule has 0 aliphatic rings. The van der Waals surface area contributed by atoms with Gasteiger partial charge in [-0.15, -0.1) is 0 Å². The molecule has 0 saturated carbocycles. The van der Waals surface area contributed by atoms with Crippen molar-refractivity contribution in [2.24, 2.45) is 7.05 Å². The lowest BCUT2D eigenvalue weighted by Crippen LogP contribution is -2.45. The van der Waals surface area contributed by atoms with Crippen molar-refractivity contribution in [2.75, 3.05) is 6.54 Å². The highest BCUT2D eigenvalue weighted by Gasteiger charge is 2.19. The maximum absolute atomic E-state index is 12.4. The van der Waals surface area contributed by atoms with Gasteiger partial charge in [-0.05, 0) is 37.6 Å². The maximum Gasteiger partial charge on any atom is 0.303 e. The lowest BCUT2D eigenvalue weighted by atomic mass is 10.2. The van der Waals surface area contributed by atoms with Crippen molar-refractivity contribution in [3.05, 3.63) is 35.0 Å². The van der Waals surface area contributed by atoms with Crippen molar-refractivity contribution < 1.29 is 19.5 Å². The molecule has 0 aliphatic heterocycles. The summed E-state index contributed by atoms with van der Waals surface area (Å²) in [5.74, 6) is -1.64. The number of carbonyl (C=O) groups excluding carboxylic acids is 2. The van der Waals surface area contributed by atoms with Gasteiger partial charge in [0.25, 0.3) is 5.91 Å². The zero-order valence-corrected chi connectivity index (χ0v) is 14.8. The lowest BCUT2D eigenvalue weighted by molar-refractivity contribution is -0.137. The minimum Gasteiger partial charge on any atom is -0.481 e. The van der Waals surface area contributed by atoms with Crippen LogP contribution in [0.3, 0.4) is 0 Å². The van der Waals surface area contributed by atoms with E-state index in [9.17, 15) is 14.4 Å². The molecular weight excluding hydrogens is 346 g/mol. The zero-order chi connectivity index (χ0) is 18.6. The van der Waals surface area contributed by atoms with Crippen LogP contribution in [0.4, 0.5) is 0 Å². The summed E-state index contributed by atoms with van der Waals surface area (Å²) in [6.07, 6.45) is 0.325. The number of carbonyl (C=O) groups is 3. The summed E-state index contributed by atoms with van der Waals surface area (Å²) < 4.78 is 1.73. The van der Waals surface area contributed by atoms with Gasteiger partial charge in [-0.25, -0.2) is 0 Å². The molecule has 1 aromatic carbocycles. The number of carboxylic acid groups (broad SMARTS) is 1. The molecule has 1 atom stereocenters. The fourth-order valence-electron chi connectivity index (χ4n) is 2.48. The summed E-state index contributed by atoms with van der Waals surface area (Å²) >= 11 is 5.97. The average molecular weight is 366 g/mol. The molecule has 0 spiro atoms. The number of hydrogen-bond donors (Lipinski definition) is 3. The molecule has 1 aromatic heterocycles. The highest BCUT2D eigenvalue weighted by Crippen LogP contribution is 2.22. The minimum atomic E-state index is -0.911. The second-order valence-corrected chi connectivity index (χ2v) is 6.21. The van der Waals surface area contributed by atoms with E-state index in [0.29, 0.717) is 17.1 Å². The van der Waals surface area contributed by atoms with Crippen LogP contribution in [0, 0.1) is 0 Å². The number of aliphatic carboxylic acids is 1. The van der Waals surface area contributed by atoms with Crippen LogP contribution in [0.1, 0.15) is 30.3 Å². The van der Waals surface area contributed by atoms with E-state index in [1.807, 2.05) is 6.07 Å². The Kier molecular flexibility index (Phi) is 6.03. The molecular formula is C17H20ClN3O4. The Morgan fingerprint density at radius 3 is 2.68 bits per heavy atom. The molecule has 1 heterocycles. The van der Waals surface area contributed by atoms with E-state index < -0.39 is 12.0 Å². The van der Waals surface area contributed by atoms with Crippen LogP contribution < -0.4 is 10.6 Å². The van der Waals surface area contributed by atoms with Gasteiger partial charge in [-0.3, -0.25) is 14.4 Å². The number of hydrogen-bond acceptors (Lipinski definition) is 3. The quantitative estimate of drug-likeness (QED) is 0.652. The zero-order valence-electron chi connectivity index (χ0n) is 14.0. The van der Waals surface area contributed by atoms with E-state index in [4.69, 9.17) is 16.7 Å². The van der Waals surface area contributed by atoms with Gasteiger partial charge >= 0.3 is 5.97 Å². The number of fused-ring (bicyclic) bond motifs is 1. The first-order valence-electron chi connectivity index (χ1n) is 7.85. The Labute approximate surface area is 149 Å². The van der Waals surface area contributed by atoms with Crippen LogP contribution in [0.5, 0.6) is 0 Å². The van der Waals surface area contributed by atoms with Gasteiger partial charge in [0, 0.05) is 35.9 Å². The Balaban J connectivity index is 1.98. The van der Waals surface area contributed by atoms with Crippen molar-refractivity contribution in [1.29, 1.82) is 0 Å². The number of aryl methyl sites for hydroxylation is 1. The van der Waals surface area contributed by atoms with Crippen LogP contribution in [-0.4, -0.2) is 40.0 Å². The molecule has 0 bridgehead atoms. The summed E-state index contributed by atoms with van der Waals surface area (Å²) in [4.78, 5) is 34.8. The van der Waals surface area contributed by atoms with Crippen molar-refractivity contribution >= 4 is 40.3 Å². The van der Waals surface area contributed by atoms with Crippen molar-refractivity contribution in [1.82, 2.24) is 15.2 Å². The number of carboxylic acids is 1. The monoisotopic (exact) mass is 365 g/mol. The smallest absolute Gasteiger partial charge is 0.303 e. The number of amides is 2. The summed E-state index contributed by atoms with van der Waals surface area (Å²) in [6.45, 7) is 1.82. The van der Waals surface area contributed by atoms with Gasteiger partial charge in [0.1, 0.15) is 11.7 Å². The molecule has 2 rings (SSSR count). The summed E-state index contributed by atoms with van der Waals surface area (Å²) in [5.41, 5.74) is 1.28. The third-order valence-corrected chi connectivity index (χ3v) is 4.08. The Morgan fingerprint density at radius 2 is 2.00 bits per heavy atom. The molecule has 25 heavy (non-hydrogen) atoms. The number of rotatable bonds is 7. The van der Waals surface area contributed by atoms with E-state index in [1.54, 1.807) is 36.7 Å². The number of nitrogens with zero attached hydrogens (tertiary/aromatic N) is 1. The number of halogens is 1. The van der Waals surface area contributed by atoms with Gasteiger partial charge in [0.2, 0.25) is 5.91 Å². The number of aromatic nitrogens is 1. The van der Waals surface area contributed by atoms with E-state index in [0.717, 1.165) is 10.9 Å². The van der Waals surface area contributed by atoms with Gasteiger partial charge in [-0.1, -0.05) is 11.6 Å². The second kappa shape index (κ2) is 8.02. The van der Waals surface area contributed by atoms with Crippen LogP contribution >= 0.6 is 11.6 Å². The van der Waals surface area contributed by atoms with E-state index in [2.05, 4.69) is 10.6 Å². The second-order valence-electron chi connectivity index (χ2n) is 5.78. The van der Waals surface area contributed by atoms with Gasteiger partial charge in [0.15, 0.2) is 0 Å². The molecule has 0 fully saturated rings. The molecule has 8 heteroatoms. The molecule has 7 nitrogen and oxygen atoms in total. The van der Waals surface area contributed by atoms with Crippen LogP contribution in [0.15, 0.2) is 24.3 Å². The predicted molar refractivity (Wildman–Crippen MR) is 94.7 cm³/mol. The molecule has 0 radical (unpaired) electrons.